The number of sulfonamides is 1. The molecule has 1 aromatic carbocycles. The van der Waals surface area contributed by atoms with Crippen molar-refractivity contribution in [3.63, 3.8) is 0 Å². The molecule has 124 valence electrons. The van der Waals surface area contributed by atoms with Crippen LogP contribution in [0.15, 0.2) is 53.6 Å². The van der Waals surface area contributed by atoms with Crippen LogP contribution in [-0.2, 0) is 10.0 Å². The number of benzene rings is 1. The van der Waals surface area contributed by atoms with Gasteiger partial charge >= 0.3 is 0 Å². The summed E-state index contributed by atoms with van der Waals surface area (Å²) >= 11 is 0. The minimum Gasteiger partial charge on any atom is -0.263 e. The molecule has 0 radical (unpaired) electrons. The van der Waals surface area contributed by atoms with Gasteiger partial charge in [0.25, 0.3) is 10.0 Å². The van der Waals surface area contributed by atoms with Gasteiger partial charge in [-0.25, -0.2) is 18.1 Å². The van der Waals surface area contributed by atoms with Crippen molar-refractivity contribution in [2.45, 2.75) is 25.7 Å². The van der Waals surface area contributed by atoms with E-state index < -0.39 is 10.0 Å². The van der Waals surface area contributed by atoms with Crippen LogP contribution in [0.5, 0.6) is 0 Å². The summed E-state index contributed by atoms with van der Waals surface area (Å²) < 4.78 is 29.7. The number of hydrogen-bond acceptors (Lipinski definition) is 4. The predicted octanol–water partition coefficient (Wildman–Crippen LogP) is 2.99. The third-order valence-electron chi connectivity index (χ3n) is 3.64. The second-order valence-electron chi connectivity index (χ2n) is 5.57. The molecule has 3 rings (SSSR count). The lowest BCUT2D eigenvalue weighted by Gasteiger charge is -2.08. The van der Waals surface area contributed by atoms with Gasteiger partial charge in [-0.1, -0.05) is 24.3 Å². The lowest BCUT2D eigenvalue weighted by Crippen LogP contribution is -2.15. The van der Waals surface area contributed by atoms with Crippen LogP contribution in [0.4, 0.5) is 5.82 Å². The monoisotopic (exact) mass is 342 g/mol. The maximum atomic E-state index is 12.8. The fourth-order valence-electron chi connectivity index (χ4n) is 2.55. The van der Waals surface area contributed by atoms with Crippen molar-refractivity contribution >= 4 is 15.8 Å². The molecule has 7 heteroatoms. The number of aromatic nitrogens is 3. The van der Waals surface area contributed by atoms with E-state index >= 15 is 0 Å². The Morgan fingerprint density at radius 3 is 2.33 bits per heavy atom. The quantitative estimate of drug-likeness (QED) is 0.791. The molecule has 2 aromatic heterocycles. The number of pyridine rings is 1. The maximum absolute atomic E-state index is 12.8. The fraction of sp³-hybridized carbons (Fsp3) is 0.176. The van der Waals surface area contributed by atoms with E-state index in [9.17, 15) is 8.42 Å². The minimum atomic E-state index is -3.77. The molecule has 0 aliphatic carbocycles. The Morgan fingerprint density at radius 2 is 1.71 bits per heavy atom. The van der Waals surface area contributed by atoms with Crippen molar-refractivity contribution in [1.29, 1.82) is 0 Å². The van der Waals surface area contributed by atoms with Gasteiger partial charge in [-0.2, -0.15) is 5.10 Å². The molecule has 0 fully saturated rings. The van der Waals surface area contributed by atoms with E-state index in [0.29, 0.717) is 11.4 Å². The summed E-state index contributed by atoms with van der Waals surface area (Å²) in [7, 11) is -3.77. The Bertz CT molecular complexity index is 962. The fourth-order valence-corrected chi connectivity index (χ4v) is 3.96. The van der Waals surface area contributed by atoms with E-state index in [1.54, 1.807) is 36.9 Å². The third kappa shape index (κ3) is 3.03. The molecule has 0 amide bonds. The van der Waals surface area contributed by atoms with Gasteiger partial charge in [-0.05, 0) is 44.5 Å². The summed E-state index contributed by atoms with van der Waals surface area (Å²) in [6.07, 6.45) is 1.62. The first-order chi connectivity index (χ1) is 11.4. The Morgan fingerprint density at radius 1 is 1.00 bits per heavy atom. The first kappa shape index (κ1) is 16.2. The number of nitrogens with one attached hydrogen (secondary N) is 1. The second-order valence-corrected chi connectivity index (χ2v) is 7.19. The van der Waals surface area contributed by atoms with E-state index in [4.69, 9.17) is 0 Å². The van der Waals surface area contributed by atoms with Crippen LogP contribution in [-0.4, -0.2) is 23.2 Å². The van der Waals surface area contributed by atoms with E-state index in [1.807, 2.05) is 37.3 Å². The number of nitrogens with zero attached hydrogens (tertiary/aromatic N) is 3. The van der Waals surface area contributed by atoms with Gasteiger partial charge in [0, 0.05) is 6.20 Å². The molecule has 0 saturated heterocycles. The largest absolute Gasteiger partial charge is 0.266 e. The Kier molecular flexibility index (Phi) is 4.11. The Balaban J connectivity index is 2.02. The molecule has 3 aromatic rings. The van der Waals surface area contributed by atoms with Gasteiger partial charge in [-0.3, -0.25) is 4.72 Å². The van der Waals surface area contributed by atoms with Crippen LogP contribution in [0.25, 0.3) is 5.69 Å². The Labute approximate surface area is 141 Å². The first-order valence-electron chi connectivity index (χ1n) is 7.45. The van der Waals surface area contributed by atoms with Crippen molar-refractivity contribution in [1.82, 2.24) is 14.8 Å². The van der Waals surface area contributed by atoms with Crippen molar-refractivity contribution in [2.24, 2.45) is 0 Å². The standard InChI is InChI=1S/C17H18N4O2S/c1-12-9-10-16(18-11-12)20-24(22,23)17-13(2)19-21(14(17)3)15-7-5-4-6-8-15/h4-11H,1-3H3,(H,18,20). The van der Waals surface area contributed by atoms with E-state index in [0.717, 1.165) is 11.3 Å². The van der Waals surface area contributed by atoms with Gasteiger partial charge in [-0.15, -0.1) is 0 Å². The van der Waals surface area contributed by atoms with Crippen molar-refractivity contribution in [3.05, 3.63) is 65.6 Å². The van der Waals surface area contributed by atoms with E-state index in [1.165, 1.54) is 0 Å². The predicted molar refractivity (Wildman–Crippen MR) is 92.8 cm³/mol. The maximum Gasteiger partial charge on any atom is 0.266 e. The minimum absolute atomic E-state index is 0.175. The average Bonchev–Trinajstić information content (AvgIpc) is 2.85. The van der Waals surface area contributed by atoms with Crippen LogP contribution in [0, 0.1) is 20.8 Å². The number of aryl methyl sites for hydroxylation is 2. The summed E-state index contributed by atoms with van der Waals surface area (Å²) in [5.41, 5.74) is 2.77. The molecular weight excluding hydrogens is 324 g/mol. The van der Waals surface area contributed by atoms with Crippen LogP contribution < -0.4 is 4.72 Å². The third-order valence-corrected chi connectivity index (χ3v) is 5.25. The topological polar surface area (TPSA) is 76.9 Å². The summed E-state index contributed by atoms with van der Waals surface area (Å²) in [5, 5.41) is 4.38. The lowest BCUT2D eigenvalue weighted by molar-refractivity contribution is 0.599. The SMILES string of the molecule is Cc1ccc(NS(=O)(=O)c2c(C)nn(-c3ccccc3)c2C)nc1. The molecule has 0 aliphatic rings. The van der Waals surface area contributed by atoms with Crippen molar-refractivity contribution < 1.29 is 8.42 Å². The number of hydrogen-bond donors (Lipinski definition) is 1. The average molecular weight is 342 g/mol. The highest BCUT2D eigenvalue weighted by Crippen LogP contribution is 2.24. The van der Waals surface area contributed by atoms with Crippen LogP contribution >= 0.6 is 0 Å². The van der Waals surface area contributed by atoms with Gasteiger partial charge in [0.2, 0.25) is 0 Å². The smallest absolute Gasteiger partial charge is 0.263 e. The van der Waals surface area contributed by atoms with Gasteiger partial charge in [0.05, 0.1) is 17.1 Å². The molecule has 0 saturated carbocycles. The highest BCUT2D eigenvalue weighted by atomic mass is 32.2. The zero-order valence-corrected chi connectivity index (χ0v) is 14.5. The van der Waals surface area contributed by atoms with Crippen molar-refractivity contribution in [2.75, 3.05) is 4.72 Å². The van der Waals surface area contributed by atoms with Gasteiger partial charge in [0.15, 0.2) is 0 Å². The van der Waals surface area contributed by atoms with E-state index in [-0.39, 0.29) is 10.7 Å². The highest BCUT2D eigenvalue weighted by Gasteiger charge is 2.25. The molecule has 6 nitrogen and oxygen atoms in total. The normalized spacial score (nSPS) is 11.5. The van der Waals surface area contributed by atoms with Crippen molar-refractivity contribution in [3.8, 4) is 5.69 Å². The Hall–Kier alpha value is -2.67. The molecular formula is C17H18N4O2S. The number of rotatable bonds is 4. The molecule has 0 atom stereocenters. The molecule has 24 heavy (non-hydrogen) atoms. The molecule has 0 unspecified atom stereocenters. The summed E-state index contributed by atoms with van der Waals surface area (Å²) in [6, 6.07) is 12.9. The van der Waals surface area contributed by atoms with Crippen LogP contribution in [0.3, 0.4) is 0 Å². The zero-order valence-electron chi connectivity index (χ0n) is 13.7. The first-order valence-corrected chi connectivity index (χ1v) is 8.94. The molecule has 2 heterocycles. The number of anilines is 1. The summed E-state index contributed by atoms with van der Waals surface area (Å²) in [4.78, 5) is 4.27. The highest BCUT2D eigenvalue weighted by molar-refractivity contribution is 7.92. The summed E-state index contributed by atoms with van der Waals surface area (Å²) in [6.45, 7) is 5.32. The lowest BCUT2D eigenvalue weighted by atomic mass is 10.3. The second kappa shape index (κ2) is 6.09. The molecule has 1 N–H and O–H groups in total. The molecule has 0 bridgehead atoms. The molecule has 0 spiro atoms. The van der Waals surface area contributed by atoms with Crippen LogP contribution in [0.2, 0.25) is 0 Å². The molecule has 0 aliphatic heterocycles. The van der Waals surface area contributed by atoms with Crippen LogP contribution in [0.1, 0.15) is 17.0 Å². The number of para-hydroxylation sites is 1. The summed E-state index contributed by atoms with van der Waals surface area (Å²) in [5.74, 6) is 0.284. The van der Waals surface area contributed by atoms with E-state index in [2.05, 4.69) is 14.8 Å². The van der Waals surface area contributed by atoms with Gasteiger partial charge in [0.1, 0.15) is 10.7 Å². The zero-order chi connectivity index (χ0) is 17.3. The van der Waals surface area contributed by atoms with Gasteiger partial charge < -0.3 is 0 Å².